The number of quaternary nitrogens is 1. The van der Waals surface area contributed by atoms with Gasteiger partial charge in [-0.2, -0.15) is 0 Å². The largest absolute Gasteiger partial charge is 0.480 e. The van der Waals surface area contributed by atoms with Gasteiger partial charge >= 0.3 is 5.97 Å². The van der Waals surface area contributed by atoms with Crippen LogP contribution in [0.15, 0.2) is 4.99 Å². The first kappa shape index (κ1) is 17.0. The third kappa shape index (κ3) is 13.0. The average Bonchev–Trinajstić information content (AvgIpc) is 2.33. The minimum absolute atomic E-state index is 0.00854. The molecule has 0 aliphatic rings. The van der Waals surface area contributed by atoms with Crippen molar-refractivity contribution in [2.45, 2.75) is 13.3 Å². The smallest absolute Gasteiger partial charge is 0.317 e. The third-order valence-electron chi connectivity index (χ3n) is 2.18. The zero-order valence-corrected chi connectivity index (χ0v) is 11.0. The molecule has 5 N–H and O–H groups in total. The molecule has 0 saturated heterocycles. The van der Waals surface area contributed by atoms with E-state index in [0.29, 0.717) is 31.2 Å². The molecule has 0 aromatic heterocycles. The molecule has 1 unspecified atom stereocenters. The first-order chi connectivity index (χ1) is 8.66. The molecule has 7 heteroatoms. The fourth-order valence-electron chi connectivity index (χ4n) is 1.23. The summed E-state index contributed by atoms with van der Waals surface area (Å²) in [7, 11) is 0. The Morgan fingerprint density at radius 2 is 2.11 bits per heavy atom. The minimum Gasteiger partial charge on any atom is -0.480 e. The third-order valence-corrected chi connectivity index (χ3v) is 2.18. The van der Waals surface area contributed by atoms with Crippen LogP contribution < -0.4 is 15.6 Å². The highest BCUT2D eigenvalue weighted by Crippen LogP contribution is 1.73. The Labute approximate surface area is 108 Å². The van der Waals surface area contributed by atoms with Gasteiger partial charge in [-0.05, 0) is 6.42 Å². The number of carboxylic acids is 1. The maximum atomic E-state index is 10.2. The number of carboxylic acid groups (broad SMARTS) is 1. The van der Waals surface area contributed by atoms with Crippen LogP contribution in [0, 0.1) is 0 Å². The summed E-state index contributed by atoms with van der Waals surface area (Å²) in [5.41, 5.74) is 0. The lowest BCUT2D eigenvalue weighted by atomic mass is 10.5. The molecule has 0 radical (unpaired) electrons. The maximum Gasteiger partial charge on any atom is 0.317 e. The summed E-state index contributed by atoms with van der Waals surface area (Å²) in [6, 6.07) is 0. The van der Waals surface area contributed by atoms with Gasteiger partial charge in [0.2, 0.25) is 0 Å². The summed E-state index contributed by atoms with van der Waals surface area (Å²) in [6.45, 7) is 6.31. The van der Waals surface area contributed by atoms with Crippen molar-refractivity contribution < 1.29 is 14.9 Å². The fraction of sp³-hybridized carbons (Fsp3) is 0.818. The second-order valence-corrected chi connectivity index (χ2v) is 3.97. The number of hydrogen-bond donors (Lipinski definition) is 4. The zero-order valence-electron chi connectivity index (χ0n) is 11.0. The highest BCUT2D eigenvalue weighted by Gasteiger charge is 1.96. The molecule has 1 atom stereocenters. The molecule has 0 aromatic carbocycles. The first-order valence-electron chi connectivity index (χ1n) is 6.34. The molecule has 106 valence electrons. The predicted molar refractivity (Wildman–Crippen MR) is 72.0 cm³/mol. The van der Waals surface area contributed by atoms with Crippen molar-refractivity contribution in [2.75, 3.05) is 45.8 Å². The van der Waals surface area contributed by atoms with Gasteiger partial charge in [0.1, 0.15) is 6.54 Å². The molecule has 0 heterocycles. The Bertz CT molecular complexity index is 235. The van der Waals surface area contributed by atoms with Gasteiger partial charge in [-0.1, -0.05) is 6.92 Å². The number of hydrogen-bond acceptors (Lipinski definition) is 4. The molecule has 0 bridgehead atoms. The van der Waals surface area contributed by atoms with E-state index >= 15 is 0 Å². The Kier molecular flexibility index (Phi) is 11.7. The molecule has 0 saturated carbocycles. The molecule has 18 heavy (non-hydrogen) atoms. The van der Waals surface area contributed by atoms with Crippen molar-refractivity contribution in [3.63, 3.8) is 0 Å². The van der Waals surface area contributed by atoms with E-state index in [4.69, 9.17) is 10.9 Å². The Morgan fingerprint density at radius 1 is 1.39 bits per heavy atom. The van der Waals surface area contributed by atoms with Crippen molar-refractivity contribution in [3.05, 3.63) is 5.84 Å². The van der Waals surface area contributed by atoms with Gasteiger partial charge in [0.05, 0.1) is 19.3 Å². The lowest BCUT2D eigenvalue weighted by Gasteiger charge is -2.19. The Hall–Kier alpha value is -1.02. The van der Waals surface area contributed by atoms with E-state index in [1.165, 1.54) is 0 Å². The predicted octanol–water partition coefficient (Wildman–Crippen LogP) is -1.42. The quantitative estimate of drug-likeness (QED) is 0.196. The van der Waals surface area contributed by atoms with Gasteiger partial charge in [0.25, 0.3) is 0 Å². The summed E-state index contributed by atoms with van der Waals surface area (Å²) in [4.78, 5) is 14.4. The normalized spacial score (nSPS) is 13.0. The average molecular weight is 259 g/mol. The van der Waals surface area contributed by atoms with Crippen molar-refractivity contribution >= 4 is 12.2 Å². The van der Waals surface area contributed by atoms with Crippen molar-refractivity contribution in [3.8, 4) is 0 Å². The summed E-state index contributed by atoms with van der Waals surface area (Å²) in [6.07, 6.45) is 2.84. The standard InChI is InChI=1S/C11H25N5O2/c1-2-3-13-6-8-16(12)9-7-14-4-5-15-10-11(17)18/h6,12,14-16H,2-5,7-10H2,1H3,(H,17,18). The van der Waals surface area contributed by atoms with E-state index in [2.05, 4.69) is 22.5 Å². The van der Waals surface area contributed by atoms with Crippen LogP contribution in [0.2, 0.25) is 0 Å². The maximum absolute atomic E-state index is 10.2. The minimum atomic E-state index is -0.844. The van der Waals surface area contributed by atoms with Crippen molar-refractivity contribution in [2.24, 2.45) is 4.99 Å². The topological polar surface area (TPSA) is 102 Å². The number of rotatable bonds is 12. The Morgan fingerprint density at radius 3 is 2.78 bits per heavy atom. The summed E-state index contributed by atoms with van der Waals surface area (Å²) >= 11 is 0. The number of nitrogens with one attached hydrogen (secondary N) is 4. The van der Waals surface area contributed by atoms with Gasteiger partial charge < -0.3 is 26.6 Å². The van der Waals surface area contributed by atoms with E-state index in [-0.39, 0.29) is 6.54 Å². The van der Waals surface area contributed by atoms with Crippen LogP contribution in [0.1, 0.15) is 13.3 Å². The van der Waals surface area contributed by atoms with E-state index in [0.717, 1.165) is 19.5 Å². The number of aliphatic carboxylic acids is 1. The Balaban J connectivity index is 3.24. The van der Waals surface area contributed by atoms with Crippen molar-refractivity contribution in [1.82, 2.24) is 10.6 Å². The molecular weight excluding hydrogens is 234 g/mol. The monoisotopic (exact) mass is 259 g/mol. The van der Waals surface area contributed by atoms with Crippen LogP contribution in [-0.2, 0) is 4.79 Å². The second kappa shape index (κ2) is 12.4. The molecule has 0 fully saturated rings. The zero-order chi connectivity index (χ0) is 13.6. The number of carbonyl (C=O) groups is 1. The first-order valence-corrected chi connectivity index (χ1v) is 6.34. The lowest BCUT2D eigenvalue weighted by molar-refractivity contribution is -0.836. The summed E-state index contributed by atoms with van der Waals surface area (Å²) in [5.74, 6) is 6.83. The van der Waals surface area contributed by atoms with E-state index in [1.54, 1.807) is 6.21 Å². The van der Waals surface area contributed by atoms with Gasteiger partial charge in [0.15, 0.2) is 0 Å². The van der Waals surface area contributed by atoms with Gasteiger partial charge in [-0.15, -0.1) is 0 Å². The van der Waals surface area contributed by atoms with Crippen LogP contribution in [0.25, 0.3) is 5.84 Å². The molecule has 0 aliphatic carbocycles. The second-order valence-electron chi connectivity index (χ2n) is 3.97. The molecule has 0 spiro atoms. The number of aliphatic imine (C=N–C) groups is 1. The van der Waals surface area contributed by atoms with Gasteiger partial charge in [-0.25, -0.2) is 0 Å². The fourth-order valence-corrected chi connectivity index (χ4v) is 1.23. The molecular formula is C11H25N5O2. The highest BCUT2D eigenvalue weighted by atomic mass is 16.4. The van der Waals surface area contributed by atoms with Crippen LogP contribution in [0.3, 0.4) is 0 Å². The van der Waals surface area contributed by atoms with Gasteiger partial charge in [-0.3, -0.25) is 9.79 Å². The lowest BCUT2D eigenvalue weighted by Crippen LogP contribution is -3.06. The van der Waals surface area contributed by atoms with E-state index in [1.807, 2.05) is 0 Å². The molecule has 0 amide bonds. The molecule has 0 rings (SSSR count). The summed E-state index contributed by atoms with van der Waals surface area (Å²) in [5, 5.41) is 15.0. The van der Waals surface area contributed by atoms with E-state index < -0.39 is 5.97 Å². The SMILES string of the molecule is CCCN=CC[NH+]([NH-])CCNCCNCC(=O)O. The van der Waals surface area contributed by atoms with Crippen molar-refractivity contribution in [1.29, 1.82) is 0 Å². The molecule has 0 aromatic rings. The van der Waals surface area contributed by atoms with Crippen LogP contribution >= 0.6 is 0 Å². The molecule has 0 aliphatic heterocycles. The highest BCUT2D eigenvalue weighted by molar-refractivity contribution is 5.68. The van der Waals surface area contributed by atoms with Crippen LogP contribution in [0.4, 0.5) is 0 Å². The summed E-state index contributed by atoms with van der Waals surface area (Å²) < 4.78 is 0. The van der Waals surface area contributed by atoms with Crippen LogP contribution in [0.5, 0.6) is 0 Å². The van der Waals surface area contributed by atoms with Crippen LogP contribution in [-0.4, -0.2) is 63.1 Å². The molecule has 7 nitrogen and oxygen atoms in total. The van der Waals surface area contributed by atoms with E-state index in [9.17, 15) is 4.79 Å². The van der Waals surface area contributed by atoms with Gasteiger partial charge in [0, 0.05) is 26.2 Å². The number of nitrogens with zero attached hydrogens (tertiary/aromatic N) is 1.